The van der Waals surface area contributed by atoms with Crippen LogP contribution in [0.1, 0.15) is 11.3 Å². The Morgan fingerprint density at radius 2 is 2.11 bits per heavy atom. The summed E-state index contributed by atoms with van der Waals surface area (Å²) in [5, 5.41) is 8.52. The Kier molecular flexibility index (Phi) is 4.23. The summed E-state index contributed by atoms with van der Waals surface area (Å²) in [5.74, 6) is -2.51. The number of nitrogens with one attached hydrogen (secondary N) is 1. The summed E-state index contributed by atoms with van der Waals surface area (Å²) in [6, 6.07) is 0.775. The molecular formula is C9H7ClF3NO4. The summed E-state index contributed by atoms with van der Waals surface area (Å²) in [6.07, 6.45) is -5.79. The van der Waals surface area contributed by atoms with E-state index < -0.39 is 35.8 Å². The molecule has 0 aliphatic rings. The third kappa shape index (κ3) is 3.95. The van der Waals surface area contributed by atoms with Crippen molar-refractivity contribution in [1.29, 1.82) is 0 Å². The molecule has 0 saturated heterocycles. The number of carboxylic acids is 1. The molecule has 0 fully saturated rings. The van der Waals surface area contributed by atoms with Gasteiger partial charge < -0.3 is 14.8 Å². The zero-order valence-corrected chi connectivity index (χ0v) is 9.43. The van der Waals surface area contributed by atoms with Gasteiger partial charge in [-0.25, -0.2) is 0 Å². The Morgan fingerprint density at radius 1 is 1.50 bits per heavy atom. The summed E-state index contributed by atoms with van der Waals surface area (Å²) in [6.45, 7) is 0. The minimum absolute atomic E-state index is 0.148. The molecule has 0 amide bonds. The minimum Gasteiger partial charge on any atom is -0.481 e. The molecule has 0 aliphatic carbocycles. The lowest BCUT2D eigenvalue weighted by molar-refractivity contribution is -0.275. The predicted molar refractivity (Wildman–Crippen MR) is 54.6 cm³/mol. The van der Waals surface area contributed by atoms with Crippen molar-refractivity contribution in [2.75, 3.05) is 0 Å². The number of aromatic amines is 1. The molecule has 1 aromatic heterocycles. The monoisotopic (exact) mass is 285 g/mol. The quantitative estimate of drug-likeness (QED) is 0.824. The van der Waals surface area contributed by atoms with Crippen molar-refractivity contribution < 1.29 is 27.8 Å². The third-order valence-electron chi connectivity index (χ3n) is 1.86. The molecule has 1 aromatic rings. The van der Waals surface area contributed by atoms with E-state index in [1.807, 2.05) is 4.98 Å². The molecule has 100 valence electrons. The van der Waals surface area contributed by atoms with Crippen LogP contribution in [0, 0.1) is 0 Å². The lowest BCUT2D eigenvalue weighted by Crippen LogP contribution is -2.23. The van der Waals surface area contributed by atoms with Gasteiger partial charge in [0.1, 0.15) is 5.75 Å². The first kappa shape index (κ1) is 14.4. The summed E-state index contributed by atoms with van der Waals surface area (Å²) < 4.78 is 39.9. The second-order valence-corrected chi connectivity index (χ2v) is 3.49. The van der Waals surface area contributed by atoms with Gasteiger partial charge in [-0.1, -0.05) is 0 Å². The highest BCUT2D eigenvalue weighted by molar-refractivity contribution is 6.17. The molecule has 9 heteroatoms. The van der Waals surface area contributed by atoms with E-state index in [1.54, 1.807) is 0 Å². The first-order valence-corrected chi connectivity index (χ1v) is 5.05. The van der Waals surface area contributed by atoms with Crippen LogP contribution in [0.5, 0.6) is 5.75 Å². The molecule has 0 atom stereocenters. The van der Waals surface area contributed by atoms with Crippen LogP contribution in [0.3, 0.4) is 0 Å². The van der Waals surface area contributed by atoms with Gasteiger partial charge >= 0.3 is 12.3 Å². The van der Waals surface area contributed by atoms with Gasteiger partial charge in [0.05, 0.1) is 18.0 Å². The predicted octanol–water partition coefficient (Wildman–Crippen LogP) is 1.64. The van der Waals surface area contributed by atoms with Crippen LogP contribution < -0.4 is 10.3 Å². The number of hydrogen-bond acceptors (Lipinski definition) is 3. The molecule has 0 aliphatic heterocycles. The van der Waals surface area contributed by atoms with Gasteiger partial charge in [-0.3, -0.25) is 9.59 Å². The number of rotatable bonds is 4. The average Bonchev–Trinajstić information content (AvgIpc) is 2.19. The van der Waals surface area contributed by atoms with E-state index in [-0.39, 0.29) is 11.4 Å². The van der Waals surface area contributed by atoms with Gasteiger partial charge in [0.15, 0.2) is 0 Å². The van der Waals surface area contributed by atoms with Crippen molar-refractivity contribution in [2.24, 2.45) is 0 Å². The normalized spacial score (nSPS) is 11.3. The molecule has 2 N–H and O–H groups in total. The van der Waals surface area contributed by atoms with Gasteiger partial charge in [0.2, 0.25) is 0 Å². The highest BCUT2D eigenvalue weighted by atomic mass is 35.5. The number of alkyl halides is 4. The van der Waals surface area contributed by atoms with Crippen molar-refractivity contribution >= 4 is 17.6 Å². The fourth-order valence-corrected chi connectivity index (χ4v) is 1.39. The lowest BCUT2D eigenvalue weighted by atomic mass is 10.2. The van der Waals surface area contributed by atoms with E-state index in [2.05, 4.69) is 4.74 Å². The van der Waals surface area contributed by atoms with Gasteiger partial charge in [-0.05, 0) is 6.07 Å². The molecule has 1 heterocycles. The summed E-state index contributed by atoms with van der Waals surface area (Å²) in [4.78, 5) is 23.8. The molecule has 0 bridgehead atoms. The van der Waals surface area contributed by atoms with Gasteiger partial charge in [-0.2, -0.15) is 0 Å². The van der Waals surface area contributed by atoms with Gasteiger partial charge in [0.25, 0.3) is 5.56 Å². The maximum absolute atomic E-state index is 12.1. The van der Waals surface area contributed by atoms with Gasteiger partial charge in [-0.15, -0.1) is 24.8 Å². The fourth-order valence-electron chi connectivity index (χ4n) is 1.19. The summed E-state index contributed by atoms with van der Waals surface area (Å²) >= 11 is 5.36. The zero-order chi connectivity index (χ0) is 13.9. The van der Waals surface area contributed by atoms with Crippen LogP contribution in [0.4, 0.5) is 13.2 Å². The molecule has 0 spiro atoms. The second kappa shape index (κ2) is 5.30. The fraction of sp³-hybridized carbons (Fsp3) is 0.333. The van der Waals surface area contributed by atoms with Crippen LogP contribution in [-0.4, -0.2) is 22.4 Å². The maximum atomic E-state index is 12.1. The van der Waals surface area contributed by atoms with E-state index in [0.29, 0.717) is 0 Å². The SMILES string of the molecule is O=C(O)Cc1[nH]c(=O)c(CCl)cc1OC(F)(F)F. The highest BCUT2D eigenvalue weighted by Crippen LogP contribution is 2.25. The Morgan fingerprint density at radius 3 is 2.56 bits per heavy atom. The minimum atomic E-state index is -4.99. The summed E-state index contributed by atoms with van der Waals surface area (Å²) in [5.41, 5.74) is -1.38. The second-order valence-electron chi connectivity index (χ2n) is 3.22. The average molecular weight is 286 g/mol. The van der Waals surface area contributed by atoms with Crippen LogP contribution in [0.2, 0.25) is 0 Å². The molecule has 18 heavy (non-hydrogen) atoms. The van der Waals surface area contributed by atoms with Crippen molar-refractivity contribution in [3.05, 3.63) is 27.7 Å². The zero-order valence-electron chi connectivity index (χ0n) is 8.68. The Balaban J connectivity index is 3.25. The van der Waals surface area contributed by atoms with Crippen molar-refractivity contribution in [3.8, 4) is 5.75 Å². The van der Waals surface area contributed by atoms with Crippen molar-refractivity contribution in [1.82, 2.24) is 4.98 Å². The largest absolute Gasteiger partial charge is 0.573 e. The number of pyridine rings is 1. The molecule has 5 nitrogen and oxygen atoms in total. The van der Waals surface area contributed by atoms with Crippen LogP contribution in [0.15, 0.2) is 10.9 Å². The number of carbonyl (C=O) groups is 1. The smallest absolute Gasteiger partial charge is 0.481 e. The van der Waals surface area contributed by atoms with Crippen LogP contribution >= 0.6 is 11.6 Å². The number of carboxylic acid groups (broad SMARTS) is 1. The van der Waals surface area contributed by atoms with E-state index in [4.69, 9.17) is 16.7 Å². The Bertz CT molecular complexity index is 512. The van der Waals surface area contributed by atoms with Gasteiger partial charge in [0, 0.05) is 5.56 Å². The van der Waals surface area contributed by atoms with Crippen LogP contribution in [0.25, 0.3) is 0 Å². The van der Waals surface area contributed by atoms with Crippen molar-refractivity contribution in [3.63, 3.8) is 0 Å². The molecule has 1 rings (SSSR count). The van der Waals surface area contributed by atoms with E-state index in [9.17, 15) is 22.8 Å². The number of hydrogen-bond donors (Lipinski definition) is 2. The molecule has 0 aromatic carbocycles. The topological polar surface area (TPSA) is 79.4 Å². The molecule has 0 radical (unpaired) electrons. The lowest BCUT2D eigenvalue weighted by Gasteiger charge is -2.12. The molecule has 0 unspecified atom stereocenters. The first-order chi connectivity index (χ1) is 8.23. The van der Waals surface area contributed by atoms with Crippen molar-refractivity contribution in [2.45, 2.75) is 18.7 Å². The number of aromatic nitrogens is 1. The van der Waals surface area contributed by atoms with E-state index in [1.165, 1.54) is 0 Å². The number of H-pyrrole nitrogens is 1. The highest BCUT2D eigenvalue weighted by Gasteiger charge is 2.32. The molecular weight excluding hydrogens is 279 g/mol. The number of ether oxygens (including phenoxy) is 1. The Labute approximate surface area is 103 Å². The number of aliphatic carboxylic acids is 1. The Hall–Kier alpha value is -1.70. The standard InChI is InChI=1S/C9H7ClF3NO4/c10-3-4-1-6(18-9(11,12)13)5(2-7(15)16)14-8(4)17/h1H,2-3H2,(H,14,17)(H,15,16). The summed E-state index contributed by atoms with van der Waals surface area (Å²) in [7, 11) is 0. The molecule has 0 saturated carbocycles. The maximum Gasteiger partial charge on any atom is 0.573 e. The van der Waals surface area contributed by atoms with E-state index in [0.717, 1.165) is 6.07 Å². The first-order valence-electron chi connectivity index (χ1n) is 4.51. The van der Waals surface area contributed by atoms with E-state index >= 15 is 0 Å². The van der Waals surface area contributed by atoms with Crippen LogP contribution in [-0.2, 0) is 17.1 Å². The number of halogens is 4. The third-order valence-corrected chi connectivity index (χ3v) is 2.14.